The van der Waals surface area contributed by atoms with Crippen molar-refractivity contribution in [3.63, 3.8) is 0 Å². The van der Waals surface area contributed by atoms with Gasteiger partial charge in [-0.15, -0.1) is 6.42 Å². The Labute approximate surface area is 128 Å². The first-order valence-electron chi connectivity index (χ1n) is 6.95. The molecule has 0 aliphatic rings. The quantitative estimate of drug-likeness (QED) is 0.679. The topological polar surface area (TPSA) is 68.4 Å². The second-order valence-electron chi connectivity index (χ2n) is 4.75. The molecule has 0 saturated carbocycles. The van der Waals surface area contributed by atoms with Crippen LogP contribution < -0.4 is 10.2 Å². The minimum Gasteiger partial charge on any atom is -0.480 e. The van der Waals surface area contributed by atoms with Gasteiger partial charge in [-0.1, -0.05) is 25.3 Å². The molecule has 0 amide bonds. The van der Waals surface area contributed by atoms with Crippen molar-refractivity contribution < 1.29 is 14.3 Å². The number of rotatable bonds is 5. The van der Waals surface area contributed by atoms with Crippen LogP contribution in [0.3, 0.4) is 0 Å². The summed E-state index contributed by atoms with van der Waals surface area (Å²) in [5, 5.41) is 0.397. The lowest BCUT2D eigenvalue weighted by molar-refractivity contribution is 0.0594. The monoisotopic (exact) mass is 299 g/mol. The van der Waals surface area contributed by atoms with Gasteiger partial charge in [-0.25, -0.2) is 4.79 Å². The first-order chi connectivity index (χ1) is 10.6. The Balaban J connectivity index is 2.73. The molecule has 114 valence electrons. The number of ether oxygens (including phenoxy) is 2. The molecule has 0 spiro atoms. The molecule has 0 aliphatic carbocycles. The summed E-state index contributed by atoms with van der Waals surface area (Å²) >= 11 is 0. The summed E-state index contributed by atoms with van der Waals surface area (Å²) in [7, 11) is 1.27. The molecule has 1 heterocycles. The average Bonchev–Trinajstić information content (AvgIpc) is 2.53. The molecular formula is C17H17NO4. The molecule has 0 saturated heterocycles. The lowest BCUT2D eigenvalue weighted by Crippen LogP contribution is -2.13. The molecular weight excluding hydrogens is 282 g/mol. The van der Waals surface area contributed by atoms with Crippen LogP contribution in [0.5, 0.6) is 5.75 Å². The van der Waals surface area contributed by atoms with Crippen LogP contribution >= 0.6 is 0 Å². The van der Waals surface area contributed by atoms with Crippen LogP contribution in [0.1, 0.15) is 29.4 Å². The Morgan fingerprint density at radius 2 is 2.18 bits per heavy atom. The molecule has 1 N–H and O–H groups in total. The number of hydrogen-bond acceptors (Lipinski definition) is 4. The summed E-state index contributed by atoms with van der Waals surface area (Å²) in [6.45, 7) is 2.11. The van der Waals surface area contributed by atoms with Crippen molar-refractivity contribution in [1.82, 2.24) is 4.98 Å². The van der Waals surface area contributed by atoms with Crippen LogP contribution in [0.2, 0.25) is 0 Å². The predicted molar refractivity (Wildman–Crippen MR) is 84.2 cm³/mol. The second-order valence-corrected chi connectivity index (χ2v) is 4.75. The number of aromatic nitrogens is 1. The van der Waals surface area contributed by atoms with E-state index in [1.54, 1.807) is 6.07 Å². The van der Waals surface area contributed by atoms with Gasteiger partial charge in [0.2, 0.25) is 0 Å². The van der Waals surface area contributed by atoms with Crippen LogP contribution in [0.25, 0.3) is 10.9 Å². The van der Waals surface area contributed by atoms with Crippen LogP contribution in [-0.4, -0.2) is 24.7 Å². The molecule has 0 atom stereocenters. The van der Waals surface area contributed by atoms with E-state index in [0.717, 1.165) is 18.4 Å². The third-order valence-electron chi connectivity index (χ3n) is 3.27. The summed E-state index contributed by atoms with van der Waals surface area (Å²) in [5.74, 6) is 2.19. The van der Waals surface area contributed by atoms with Crippen molar-refractivity contribution in [3.05, 3.63) is 39.7 Å². The van der Waals surface area contributed by atoms with Crippen molar-refractivity contribution in [2.45, 2.75) is 19.8 Å². The summed E-state index contributed by atoms with van der Waals surface area (Å²) in [4.78, 5) is 27.1. The summed E-state index contributed by atoms with van der Waals surface area (Å²) in [6, 6.07) is 4.82. The van der Waals surface area contributed by atoms with Crippen molar-refractivity contribution in [1.29, 1.82) is 0 Å². The van der Waals surface area contributed by atoms with E-state index in [9.17, 15) is 9.59 Å². The smallest absolute Gasteiger partial charge is 0.354 e. The highest BCUT2D eigenvalue weighted by atomic mass is 16.5. The zero-order valence-corrected chi connectivity index (χ0v) is 12.6. The van der Waals surface area contributed by atoms with Gasteiger partial charge in [-0.3, -0.25) is 4.79 Å². The number of esters is 1. The minimum absolute atomic E-state index is 0.0699. The summed E-state index contributed by atoms with van der Waals surface area (Å²) in [5.41, 5.74) is 1.34. The summed E-state index contributed by atoms with van der Waals surface area (Å²) in [6.07, 6.45) is 6.87. The van der Waals surface area contributed by atoms with E-state index in [-0.39, 0.29) is 17.7 Å². The fourth-order valence-corrected chi connectivity index (χ4v) is 2.33. The van der Waals surface area contributed by atoms with Crippen LogP contribution in [0, 0.1) is 12.3 Å². The number of carbonyl (C=O) groups excluding carboxylic acids is 1. The number of pyridine rings is 1. The molecule has 5 nitrogen and oxygen atoms in total. The molecule has 1 aromatic carbocycles. The number of carbonyl (C=O) groups is 1. The van der Waals surface area contributed by atoms with E-state index in [0.29, 0.717) is 16.7 Å². The fourth-order valence-electron chi connectivity index (χ4n) is 2.33. The molecule has 0 radical (unpaired) electrons. The highest BCUT2D eigenvalue weighted by Gasteiger charge is 2.15. The molecule has 1 aromatic heterocycles. The zero-order valence-electron chi connectivity index (χ0n) is 12.6. The Kier molecular flexibility index (Phi) is 4.84. The second kappa shape index (κ2) is 6.81. The van der Waals surface area contributed by atoms with Crippen molar-refractivity contribution in [2.75, 3.05) is 13.7 Å². The maximum absolute atomic E-state index is 12.4. The van der Waals surface area contributed by atoms with Crippen molar-refractivity contribution in [3.8, 4) is 18.1 Å². The first kappa shape index (κ1) is 15.6. The number of terminal acetylenes is 1. The first-order valence-corrected chi connectivity index (χ1v) is 6.95. The maximum Gasteiger partial charge on any atom is 0.354 e. The lowest BCUT2D eigenvalue weighted by atomic mass is 10.0. The zero-order chi connectivity index (χ0) is 16.1. The van der Waals surface area contributed by atoms with Gasteiger partial charge in [0, 0.05) is 6.07 Å². The van der Waals surface area contributed by atoms with Crippen molar-refractivity contribution >= 4 is 16.9 Å². The average molecular weight is 299 g/mol. The van der Waals surface area contributed by atoms with Crippen LogP contribution in [0.15, 0.2) is 23.0 Å². The number of nitrogens with one attached hydrogen (secondary N) is 1. The molecule has 2 aromatic rings. The van der Waals surface area contributed by atoms with Gasteiger partial charge in [-0.2, -0.15) is 0 Å². The Morgan fingerprint density at radius 1 is 1.41 bits per heavy atom. The van der Waals surface area contributed by atoms with Gasteiger partial charge < -0.3 is 14.5 Å². The van der Waals surface area contributed by atoms with Crippen molar-refractivity contribution in [2.24, 2.45) is 0 Å². The van der Waals surface area contributed by atoms with Gasteiger partial charge in [0.15, 0.2) is 5.43 Å². The van der Waals surface area contributed by atoms with E-state index in [1.165, 1.54) is 13.2 Å². The maximum atomic E-state index is 12.4. The lowest BCUT2D eigenvalue weighted by Gasteiger charge is -2.11. The predicted octanol–water partition coefficient (Wildman–Crippen LogP) is 2.28. The van der Waals surface area contributed by atoms with E-state index >= 15 is 0 Å². The molecule has 2 rings (SSSR count). The van der Waals surface area contributed by atoms with E-state index < -0.39 is 5.97 Å². The Bertz CT molecular complexity index is 799. The molecule has 0 bridgehead atoms. The van der Waals surface area contributed by atoms with Crippen LogP contribution in [0.4, 0.5) is 0 Å². The van der Waals surface area contributed by atoms with Gasteiger partial charge in [0.05, 0.1) is 18.0 Å². The molecule has 0 aliphatic heterocycles. The van der Waals surface area contributed by atoms with Gasteiger partial charge in [0.1, 0.15) is 18.1 Å². The number of H-pyrrole nitrogens is 1. The van der Waals surface area contributed by atoms with Gasteiger partial charge in [0.25, 0.3) is 0 Å². The van der Waals surface area contributed by atoms with Gasteiger partial charge in [-0.05, 0) is 18.1 Å². The van der Waals surface area contributed by atoms with E-state index in [1.807, 2.05) is 13.0 Å². The fraction of sp³-hybridized carbons (Fsp3) is 0.294. The van der Waals surface area contributed by atoms with E-state index in [2.05, 4.69) is 15.6 Å². The normalized spacial score (nSPS) is 10.2. The van der Waals surface area contributed by atoms with E-state index in [4.69, 9.17) is 11.2 Å². The highest BCUT2D eigenvalue weighted by molar-refractivity contribution is 5.94. The molecule has 5 heteroatoms. The highest BCUT2D eigenvalue weighted by Crippen LogP contribution is 2.26. The number of hydrogen-bond donors (Lipinski definition) is 1. The standard InChI is InChI=1S/C17H17NO4/c1-4-6-11-7-8-14(22-9-5-2)15-13(19)10-12(17(20)21-3)18-16(11)15/h2,7-8,10H,4,6,9H2,1,3H3,(H,18,19). The number of aromatic amines is 1. The molecule has 0 unspecified atom stereocenters. The Morgan fingerprint density at radius 3 is 2.82 bits per heavy atom. The van der Waals surface area contributed by atoms with Crippen LogP contribution in [-0.2, 0) is 11.2 Å². The number of aryl methyl sites for hydroxylation is 1. The number of methoxy groups -OCH3 is 1. The third-order valence-corrected chi connectivity index (χ3v) is 3.27. The summed E-state index contributed by atoms with van der Waals surface area (Å²) < 4.78 is 10.1. The third kappa shape index (κ3) is 2.96. The Hall–Kier alpha value is -2.74. The SMILES string of the molecule is C#CCOc1ccc(CCC)c2[nH]c(C(=O)OC)cc(=O)c12. The largest absolute Gasteiger partial charge is 0.480 e. The molecule has 22 heavy (non-hydrogen) atoms. The number of fused-ring (bicyclic) bond motifs is 1. The molecule has 0 fully saturated rings. The minimum atomic E-state index is -0.587. The van der Waals surface area contributed by atoms with Gasteiger partial charge >= 0.3 is 5.97 Å². The number of benzene rings is 1.